The maximum atomic E-state index is 12.8. The van der Waals surface area contributed by atoms with Crippen molar-refractivity contribution in [3.63, 3.8) is 0 Å². The van der Waals surface area contributed by atoms with Gasteiger partial charge in [-0.1, -0.05) is 73.7 Å². The SMILES string of the molecule is CCc1ccc2c(c1)[C@](O)(CC(=O)c1ccc(-c3ccccc3)cc1)C(=O)N2. The lowest BCUT2D eigenvalue weighted by atomic mass is 9.87. The van der Waals surface area contributed by atoms with E-state index in [1.165, 1.54) is 0 Å². The summed E-state index contributed by atoms with van der Waals surface area (Å²) in [5.74, 6) is -0.822. The second-order valence-corrected chi connectivity index (χ2v) is 7.09. The van der Waals surface area contributed by atoms with E-state index in [1.54, 1.807) is 24.3 Å². The summed E-state index contributed by atoms with van der Waals surface area (Å²) >= 11 is 0. The van der Waals surface area contributed by atoms with Gasteiger partial charge in [-0.2, -0.15) is 0 Å². The number of carbonyl (C=O) groups excluding carboxylic acids is 2. The van der Waals surface area contributed by atoms with Crippen LogP contribution in [0.2, 0.25) is 0 Å². The van der Waals surface area contributed by atoms with Gasteiger partial charge in [0.15, 0.2) is 11.4 Å². The van der Waals surface area contributed by atoms with Gasteiger partial charge >= 0.3 is 0 Å². The first-order chi connectivity index (χ1) is 13.5. The molecule has 0 bridgehead atoms. The summed E-state index contributed by atoms with van der Waals surface area (Å²) in [4.78, 5) is 25.3. The van der Waals surface area contributed by atoms with Crippen LogP contribution >= 0.6 is 0 Å². The molecule has 1 aliphatic heterocycles. The predicted molar refractivity (Wildman–Crippen MR) is 109 cm³/mol. The molecule has 2 N–H and O–H groups in total. The third kappa shape index (κ3) is 3.12. The summed E-state index contributed by atoms with van der Waals surface area (Å²) in [5.41, 5.74) is 2.76. The number of carbonyl (C=O) groups is 2. The van der Waals surface area contributed by atoms with Crippen molar-refractivity contribution in [2.24, 2.45) is 0 Å². The summed E-state index contributed by atoms with van der Waals surface area (Å²) in [7, 11) is 0. The molecule has 0 aromatic heterocycles. The highest BCUT2D eigenvalue weighted by molar-refractivity contribution is 6.09. The molecule has 4 nitrogen and oxygen atoms in total. The lowest BCUT2D eigenvalue weighted by molar-refractivity contribution is -0.133. The van der Waals surface area contributed by atoms with E-state index in [0.717, 1.165) is 23.1 Å². The van der Waals surface area contributed by atoms with Crippen LogP contribution in [-0.4, -0.2) is 16.8 Å². The van der Waals surface area contributed by atoms with Crippen LogP contribution < -0.4 is 5.32 Å². The molecule has 0 saturated carbocycles. The third-order valence-corrected chi connectivity index (χ3v) is 5.29. The molecule has 1 heterocycles. The molecule has 4 heteroatoms. The number of nitrogens with one attached hydrogen (secondary N) is 1. The zero-order chi connectivity index (χ0) is 19.7. The van der Waals surface area contributed by atoms with Crippen LogP contribution in [0.1, 0.15) is 34.8 Å². The fourth-order valence-electron chi connectivity index (χ4n) is 3.60. The topological polar surface area (TPSA) is 66.4 Å². The maximum absolute atomic E-state index is 12.8. The van der Waals surface area contributed by atoms with Gasteiger partial charge in [-0.05, 0) is 29.2 Å². The number of benzene rings is 3. The molecule has 0 aliphatic carbocycles. The summed E-state index contributed by atoms with van der Waals surface area (Å²) in [6.45, 7) is 2.00. The third-order valence-electron chi connectivity index (χ3n) is 5.29. The molecule has 0 fully saturated rings. The van der Waals surface area contributed by atoms with Crippen molar-refractivity contribution in [2.75, 3.05) is 5.32 Å². The van der Waals surface area contributed by atoms with E-state index in [0.29, 0.717) is 16.8 Å². The Bertz CT molecular complexity index is 1040. The minimum absolute atomic E-state index is 0.271. The lowest BCUT2D eigenvalue weighted by Crippen LogP contribution is -2.36. The number of amides is 1. The second kappa shape index (κ2) is 7.06. The van der Waals surface area contributed by atoms with Crippen LogP contribution in [0.4, 0.5) is 5.69 Å². The van der Waals surface area contributed by atoms with Crippen LogP contribution in [0.15, 0.2) is 72.8 Å². The molecule has 0 saturated heterocycles. The van der Waals surface area contributed by atoms with Crippen LogP contribution in [0.5, 0.6) is 0 Å². The molecule has 3 aromatic rings. The summed E-state index contributed by atoms with van der Waals surface area (Å²) < 4.78 is 0. The van der Waals surface area contributed by atoms with E-state index < -0.39 is 11.5 Å². The van der Waals surface area contributed by atoms with Crippen molar-refractivity contribution < 1.29 is 14.7 Å². The predicted octanol–water partition coefficient (Wildman–Crippen LogP) is 4.33. The maximum Gasteiger partial charge on any atom is 0.261 e. The van der Waals surface area contributed by atoms with Gasteiger partial charge in [0.05, 0.1) is 6.42 Å². The summed E-state index contributed by atoms with van der Waals surface area (Å²) in [6.07, 6.45) is 0.496. The Balaban J connectivity index is 1.59. The van der Waals surface area contributed by atoms with Gasteiger partial charge in [0.25, 0.3) is 5.91 Å². The Hall–Kier alpha value is -3.24. The van der Waals surface area contributed by atoms with E-state index >= 15 is 0 Å². The van der Waals surface area contributed by atoms with E-state index in [4.69, 9.17) is 0 Å². The molecule has 1 atom stereocenters. The number of fused-ring (bicyclic) bond motifs is 1. The number of anilines is 1. The van der Waals surface area contributed by atoms with Crippen molar-refractivity contribution in [2.45, 2.75) is 25.4 Å². The van der Waals surface area contributed by atoms with Gasteiger partial charge in [-0.15, -0.1) is 0 Å². The minimum Gasteiger partial charge on any atom is -0.375 e. The van der Waals surface area contributed by atoms with E-state index in [9.17, 15) is 14.7 Å². The zero-order valence-electron chi connectivity index (χ0n) is 15.6. The Labute approximate surface area is 163 Å². The van der Waals surface area contributed by atoms with Gasteiger partial charge in [0.2, 0.25) is 0 Å². The van der Waals surface area contributed by atoms with E-state index in [2.05, 4.69) is 5.32 Å². The van der Waals surface area contributed by atoms with Crippen LogP contribution in [0.25, 0.3) is 11.1 Å². The molecule has 0 unspecified atom stereocenters. The first-order valence-electron chi connectivity index (χ1n) is 9.37. The number of aliphatic hydroxyl groups is 1. The smallest absolute Gasteiger partial charge is 0.261 e. The highest BCUT2D eigenvalue weighted by atomic mass is 16.3. The van der Waals surface area contributed by atoms with Gasteiger partial charge in [0, 0.05) is 16.8 Å². The minimum atomic E-state index is -1.84. The molecule has 3 aromatic carbocycles. The molecule has 4 rings (SSSR count). The lowest BCUT2D eigenvalue weighted by Gasteiger charge is -2.20. The first-order valence-corrected chi connectivity index (χ1v) is 9.37. The Morgan fingerprint density at radius 3 is 2.32 bits per heavy atom. The number of rotatable bonds is 5. The van der Waals surface area contributed by atoms with Crippen LogP contribution in [0.3, 0.4) is 0 Å². The van der Waals surface area contributed by atoms with Crippen LogP contribution in [0, 0.1) is 0 Å². The van der Waals surface area contributed by atoms with Gasteiger partial charge in [-0.25, -0.2) is 0 Å². The second-order valence-electron chi connectivity index (χ2n) is 7.09. The molecule has 1 aliphatic rings. The fourth-order valence-corrected chi connectivity index (χ4v) is 3.60. The molecule has 1 amide bonds. The average Bonchev–Trinajstić information content (AvgIpc) is 2.98. The highest BCUT2D eigenvalue weighted by Gasteiger charge is 2.46. The molecule has 28 heavy (non-hydrogen) atoms. The number of Topliss-reactive ketones (excluding diaryl/α,β-unsaturated/α-hetero) is 1. The van der Waals surface area contributed by atoms with Gasteiger partial charge in [-0.3, -0.25) is 9.59 Å². The standard InChI is InChI=1S/C24H21NO3/c1-2-16-8-13-21-20(14-16)24(28,23(27)25-21)15-22(26)19-11-9-18(10-12-19)17-6-4-3-5-7-17/h3-14,28H,2,15H2,1H3,(H,25,27)/t24-/m1/s1. The Kier molecular flexibility index (Phi) is 4.57. The summed E-state index contributed by atoms with van der Waals surface area (Å²) in [5, 5.41) is 13.7. The normalized spacial score (nSPS) is 17.9. The molecule has 0 spiro atoms. The monoisotopic (exact) mass is 371 g/mol. The molecule has 140 valence electrons. The first kappa shape index (κ1) is 18.1. The quantitative estimate of drug-likeness (QED) is 0.656. The van der Waals surface area contributed by atoms with E-state index in [-0.39, 0.29) is 12.2 Å². The van der Waals surface area contributed by atoms with Crippen molar-refractivity contribution in [3.05, 3.63) is 89.5 Å². The van der Waals surface area contributed by atoms with Gasteiger partial charge < -0.3 is 10.4 Å². The average molecular weight is 371 g/mol. The van der Waals surface area contributed by atoms with Crippen molar-refractivity contribution in [1.82, 2.24) is 0 Å². The Morgan fingerprint density at radius 2 is 1.64 bits per heavy atom. The Morgan fingerprint density at radius 1 is 0.964 bits per heavy atom. The van der Waals surface area contributed by atoms with E-state index in [1.807, 2.05) is 55.5 Å². The zero-order valence-corrected chi connectivity index (χ0v) is 15.6. The number of hydrogen-bond donors (Lipinski definition) is 2. The molecular formula is C24H21NO3. The number of hydrogen-bond acceptors (Lipinski definition) is 3. The highest BCUT2D eigenvalue weighted by Crippen LogP contribution is 2.39. The summed E-state index contributed by atoms with van der Waals surface area (Å²) in [6, 6.07) is 22.6. The largest absolute Gasteiger partial charge is 0.375 e. The molecule has 0 radical (unpaired) electrons. The van der Waals surface area contributed by atoms with Crippen molar-refractivity contribution >= 4 is 17.4 Å². The van der Waals surface area contributed by atoms with Gasteiger partial charge in [0.1, 0.15) is 0 Å². The number of ketones is 1. The molecular weight excluding hydrogens is 350 g/mol. The number of aryl methyl sites for hydroxylation is 1. The van der Waals surface area contributed by atoms with Crippen LogP contribution in [-0.2, 0) is 16.8 Å². The van der Waals surface area contributed by atoms with Crippen molar-refractivity contribution in [3.8, 4) is 11.1 Å². The van der Waals surface area contributed by atoms with Crippen molar-refractivity contribution in [1.29, 1.82) is 0 Å². The fraction of sp³-hybridized carbons (Fsp3) is 0.167.